The molecule has 4 nitrogen and oxygen atoms in total. The molecule has 28 heavy (non-hydrogen) atoms. The van der Waals surface area contributed by atoms with Gasteiger partial charge in [-0.2, -0.15) is 0 Å². The van der Waals surface area contributed by atoms with Crippen LogP contribution < -0.4 is 9.47 Å². The Morgan fingerprint density at radius 1 is 0.857 bits per heavy atom. The van der Waals surface area contributed by atoms with E-state index in [2.05, 4.69) is 48.5 Å². The van der Waals surface area contributed by atoms with Crippen LogP contribution in [0.25, 0.3) is 0 Å². The van der Waals surface area contributed by atoms with Crippen LogP contribution in [0.1, 0.15) is 32.6 Å². The summed E-state index contributed by atoms with van der Waals surface area (Å²) in [6.07, 6.45) is 0.883. The average Bonchev–Trinajstić information content (AvgIpc) is 3.04. The Morgan fingerprint density at radius 2 is 1.61 bits per heavy atom. The SMILES string of the molecule is COc1ccc2c(c1OC)C(=O)N(Cc1cccc(Cc3ccccc3)c1)C2. The van der Waals surface area contributed by atoms with Gasteiger partial charge in [-0.05, 0) is 34.7 Å². The topological polar surface area (TPSA) is 38.8 Å². The van der Waals surface area contributed by atoms with Gasteiger partial charge in [-0.25, -0.2) is 0 Å². The normalized spacial score (nSPS) is 12.8. The summed E-state index contributed by atoms with van der Waals surface area (Å²) in [5.74, 6) is 1.09. The van der Waals surface area contributed by atoms with Gasteiger partial charge in [-0.15, -0.1) is 0 Å². The summed E-state index contributed by atoms with van der Waals surface area (Å²) in [6, 6.07) is 22.6. The number of carbonyl (C=O) groups is 1. The molecule has 0 radical (unpaired) electrons. The van der Waals surface area contributed by atoms with Crippen molar-refractivity contribution in [2.24, 2.45) is 0 Å². The first kappa shape index (κ1) is 18.1. The van der Waals surface area contributed by atoms with Crippen molar-refractivity contribution in [1.82, 2.24) is 4.90 Å². The number of rotatable bonds is 6. The molecule has 3 aromatic carbocycles. The molecule has 4 heteroatoms. The lowest BCUT2D eigenvalue weighted by Crippen LogP contribution is -2.23. The van der Waals surface area contributed by atoms with Crippen molar-refractivity contribution in [2.75, 3.05) is 14.2 Å². The fourth-order valence-electron chi connectivity index (χ4n) is 3.79. The van der Waals surface area contributed by atoms with E-state index in [-0.39, 0.29) is 5.91 Å². The van der Waals surface area contributed by atoms with Crippen LogP contribution in [0.15, 0.2) is 66.7 Å². The van der Waals surface area contributed by atoms with Gasteiger partial charge in [0.2, 0.25) is 0 Å². The highest BCUT2D eigenvalue weighted by Gasteiger charge is 2.32. The Morgan fingerprint density at radius 3 is 2.36 bits per heavy atom. The van der Waals surface area contributed by atoms with Crippen LogP contribution >= 0.6 is 0 Å². The van der Waals surface area contributed by atoms with E-state index in [1.54, 1.807) is 14.2 Å². The third-order valence-electron chi connectivity index (χ3n) is 5.11. The Balaban J connectivity index is 1.54. The molecule has 1 aliphatic heterocycles. The molecule has 0 saturated carbocycles. The van der Waals surface area contributed by atoms with Gasteiger partial charge in [0.1, 0.15) is 0 Å². The summed E-state index contributed by atoms with van der Waals surface area (Å²) >= 11 is 0. The molecule has 0 N–H and O–H groups in total. The van der Waals surface area contributed by atoms with Gasteiger partial charge in [-0.1, -0.05) is 60.7 Å². The van der Waals surface area contributed by atoms with Gasteiger partial charge in [0.15, 0.2) is 11.5 Å². The van der Waals surface area contributed by atoms with E-state index in [0.29, 0.717) is 30.2 Å². The van der Waals surface area contributed by atoms with E-state index >= 15 is 0 Å². The van der Waals surface area contributed by atoms with Crippen LogP contribution in [0.4, 0.5) is 0 Å². The van der Waals surface area contributed by atoms with Crippen molar-refractivity contribution in [3.63, 3.8) is 0 Å². The molecule has 0 saturated heterocycles. The van der Waals surface area contributed by atoms with E-state index in [0.717, 1.165) is 17.5 Å². The number of benzene rings is 3. The molecule has 3 aromatic rings. The maximum absolute atomic E-state index is 13.0. The highest BCUT2D eigenvalue weighted by Crippen LogP contribution is 2.38. The molecule has 1 heterocycles. The van der Waals surface area contributed by atoms with E-state index in [1.807, 2.05) is 23.1 Å². The molecule has 0 atom stereocenters. The van der Waals surface area contributed by atoms with Crippen molar-refractivity contribution >= 4 is 5.91 Å². The lowest BCUT2D eigenvalue weighted by atomic mass is 10.0. The zero-order valence-corrected chi connectivity index (χ0v) is 16.1. The Bertz CT molecular complexity index is 998. The van der Waals surface area contributed by atoms with Crippen LogP contribution in [0.3, 0.4) is 0 Å². The minimum absolute atomic E-state index is 0.0146. The standard InChI is InChI=1S/C24H23NO3/c1-27-21-12-11-20-16-25(24(26)22(20)23(21)28-2)15-19-10-6-9-18(14-19)13-17-7-4-3-5-8-17/h3-12,14H,13,15-16H2,1-2H3. The minimum atomic E-state index is -0.0146. The van der Waals surface area contributed by atoms with Crippen molar-refractivity contribution in [1.29, 1.82) is 0 Å². The average molecular weight is 373 g/mol. The zero-order valence-electron chi connectivity index (χ0n) is 16.1. The smallest absolute Gasteiger partial charge is 0.258 e. The summed E-state index contributed by atoms with van der Waals surface area (Å²) in [7, 11) is 3.15. The summed E-state index contributed by atoms with van der Waals surface area (Å²) in [6.45, 7) is 1.15. The molecular formula is C24H23NO3. The second-order valence-corrected chi connectivity index (χ2v) is 6.98. The van der Waals surface area contributed by atoms with Crippen LogP contribution in [-0.2, 0) is 19.5 Å². The maximum Gasteiger partial charge on any atom is 0.258 e. The molecule has 0 fully saturated rings. The molecule has 0 aliphatic carbocycles. The lowest BCUT2D eigenvalue weighted by molar-refractivity contribution is 0.0764. The highest BCUT2D eigenvalue weighted by molar-refractivity contribution is 6.01. The molecule has 4 rings (SSSR count). The lowest BCUT2D eigenvalue weighted by Gasteiger charge is -2.16. The van der Waals surface area contributed by atoms with E-state index < -0.39 is 0 Å². The number of methoxy groups -OCH3 is 2. The first-order valence-corrected chi connectivity index (χ1v) is 9.34. The summed E-state index contributed by atoms with van der Waals surface area (Å²) < 4.78 is 10.8. The Kier molecular flexibility index (Phi) is 5.02. The van der Waals surface area contributed by atoms with Crippen molar-refractivity contribution in [2.45, 2.75) is 19.5 Å². The number of fused-ring (bicyclic) bond motifs is 1. The zero-order chi connectivity index (χ0) is 19.5. The first-order chi connectivity index (χ1) is 13.7. The molecule has 0 bridgehead atoms. The van der Waals surface area contributed by atoms with E-state index in [4.69, 9.17) is 9.47 Å². The fourth-order valence-corrected chi connectivity index (χ4v) is 3.79. The second-order valence-electron chi connectivity index (χ2n) is 6.98. The molecule has 0 aromatic heterocycles. The maximum atomic E-state index is 13.0. The van der Waals surface area contributed by atoms with Gasteiger partial charge in [0, 0.05) is 13.1 Å². The number of ether oxygens (including phenoxy) is 2. The Labute approximate surface area is 165 Å². The molecule has 0 spiro atoms. The van der Waals surface area contributed by atoms with Gasteiger partial charge >= 0.3 is 0 Å². The third-order valence-corrected chi connectivity index (χ3v) is 5.11. The van der Waals surface area contributed by atoms with Crippen molar-refractivity contribution < 1.29 is 14.3 Å². The molecule has 1 amide bonds. The fraction of sp³-hybridized carbons (Fsp3) is 0.208. The van der Waals surface area contributed by atoms with Gasteiger partial charge in [-0.3, -0.25) is 4.79 Å². The number of carbonyl (C=O) groups excluding carboxylic acids is 1. The molecule has 142 valence electrons. The van der Waals surface area contributed by atoms with Crippen LogP contribution in [-0.4, -0.2) is 25.0 Å². The van der Waals surface area contributed by atoms with Crippen LogP contribution in [0, 0.1) is 0 Å². The molecule has 0 unspecified atom stereocenters. The summed E-state index contributed by atoms with van der Waals surface area (Å²) in [5, 5.41) is 0. The third kappa shape index (κ3) is 3.46. The summed E-state index contributed by atoms with van der Waals surface area (Å²) in [5.41, 5.74) is 5.24. The van der Waals surface area contributed by atoms with Crippen molar-refractivity contribution in [3.8, 4) is 11.5 Å². The predicted octanol–water partition coefficient (Wildman–Crippen LogP) is 4.45. The predicted molar refractivity (Wildman–Crippen MR) is 109 cm³/mol. The first-order valence-electron chi connectivity index (χ1n) is 9.34. The number of hydrogen-bond acceptors (Lipinski definition) is 3. The second kappa shape index (κ2) is 7.77. The van der Waals surface area contributed by atoms with E-state index in [1.165, 1.54) is 11.1 Å². The van der Waals surface area contributed by atoms with Gasteiger partial charge in [0.05, 0.1) is 19.8 Å². The molecular weight excluding hydrogens is 350 g/mol. The van der Waals surface area contributed by atoms with Gasteiger partial charge < -0.3 is 14.4 Å². The minimum Gasteiger partial charge on any atom is -0.493 e. The monoisotopic (exact) mass is 373 g/mol. The number of nitrogens with zero attached hydrogens (tertiary/aromatic N) is 1. The Hall–Kier alpha value is -3.27. The quantitative estimate of drug-likeness (QED) is 0.641. The van der Waals surface area contributed by atoms with Gasteiger partial charge in [0.25, 0.3) is 5.91 Å². The van der Waals surface area contributed by atoms with Crippen molar-refractivity contribution in [3.05, 3.63) is 94.5 Å². The molecule has 1 aliphatic rings. The highest BCUT2D eigenvalue weighted by atomic mass is 16.5. The van der Waals surface area contributed by atoms with E-state index in [9.17, 15) is 4.79 Å². The number of amides is 1. The van der Waals surface area contributed by atoms with Crippen LogP contribution in [0.5, 0.6) is 11.5 Å². The van der Waals surface area contributed by atoms with Crippen LogP contribution in [0.2, 0.25) is 0 Å². The number of hydrogen-bond donors (Lipinski definition) is 0. The largest absolute Gasteiger partial charge is 0.493 e. The summed E-state index contributed by atoms with van der Waals surface area (Å²) in [4.78, 5) is 14.9.